The van der Waals surface area contributed by atoms with Crippen LogP contribution in [0.25, 0.3) is 10.6 Å². The number of aromatic nitrogens is 3. The van der Waals surface area contributed by atoms with Gasteiger partial charge in [0.05, 0.1) is 35.1 Å². The highest BCUT2D eigenvalue weighted by Crippen LogP contribution is 2.33. The minimum atomic E-state index is -0.186. The minimum Gasteiger partial charge on any atom is -0.496 e. The van der Waals surface area contributed by atoms with Crippen LogP contribution in [0.4, 0.5) is 0 Å². The number of benzene rings is 1. The maximum Gasteiger partial charge on any atom is 0.254 e. The van der Waals surface area contributed by atoms with E-state index >= 15 is 0 Å². The summed E-state index contributed by atoms with van der Waals surface area (Å²) in [4.78, 5) is 29.8. The van der Waals surface area contributed by atoms with Crippen LogP contribution in [0.3, 0.4) is 0 Å². The number of aryl methyl sites for hydroxylation is 1. The number of carbonyl (C=O) groups is 1. The molecule has 1 aliphatic heterocycles. The van der Waals surface area contributed by atoms with Gasteiger partial charge in [-0.3, -0.25) is 9.78 Å². The molecule has 4 heterocycles. The predicted octanol–water partition coefficient (Wildman–Crippen LogP) is 5.47. The minimum absolute atomic E-state index is 0.0278. The van der Waals surface area contributed by atoms with Crippen molar-refractivity contribution in [1.82, 2.24) is 19.9 Å². The maximum absolute atomic E-state index is 13.6. The van der Waals surface area contributed by atoms with Crippen LogP contribution in [0.15, 0.2) is 58.7 Å². The van der Waals surface area contributed by atoms with Gasteiger partial charge in [0, 0.05) is 30.3 Å². The van der Waals surface area contributed by atoms with Crippen LogP contribution in [0, 0.1) is 6.92 Å². The molecular formula is C26H26N4O3S. The molecule has 0 bridgehead atoms. The normalized spacial score (nSPS) is 15.9. The standard InChI is InChI=1S/C26H26N4O3S/c1-17-24(34-16-29-17)21-14-19(10-11-27-21)26(31)30-12-6-5-8-22(30)25-28-15-20(33-25)13-18-7-3-4-9-23(18)32-2/h3-4,7,9-11,14-16,22H,5-6,8,12-13H2,1-2H3/t22-/m0/s1. The Bertz CT molecular complexity index is 1300. The fourth-order valence-corrected chi connectivity index (χ4v) is 5.20. The van der Waals surface area contributed by atoms with Gasteiger partial charge in [-0.15, -0.1) is 11.3 Å². The molecule has 174 valence electrons. The summed E-state index contributed by atoms with van der Waals surface area (Å²) in [5.41, 5.74) is 5.14. The van der Waals surface area contributed by atoms with Crippen LogP contribution in [-0.4, -0.2) is 39.4 Å². The van der Waals surface area contributed by atoms with Crippen LogP contribution in [0.2, 0.25) is 0 Å². The number of oxazole rings is 1. The molecule has 4 aromatic rings. The van der Waals surface area contributed by atoms with Gasteiger partial charge in [0.2, 0.25) is 5.89 Å². The molecule has 0 spiro atoms. The second-order valence-electron chi connectivity index (χ2n) is 8.36. The second-order valence-corrected chi connectivity index (χ2v) is 9.21. The molecule has 7 nitrogen and oxygen atoms in total. The zero-order valence-corrected chi connectivity index (χ0v) is 20.0. The highest BCUT2D eigenvalue weighted by atomic mass is 32.1. The predicted molar refractivity (Wildman–Crippen MR) is 130 cm³/mol. The molecule has 1 aromatic carbocycles. The van der Waals surface area contributed by atoms with Crippen LogP contribution < -0.4 is 4.74 Å². The quantitative estimate of drug-likeness (QED) is 0.369. The summed E-state index contributed by atoms with van der Waals surface area (Å²) < 4.78 is 11.6. The summed E-state index contributed by atoms with van der Waals surface area (Å²) >= 11 is 1.53. The van der Waals surface area contributed by atoms with Gasteiger partial charge in [-0.2, -0.15) is 0 Å². The monoisotopic (exact) mass is 474 g/mol. The lowest BCUT2D eigenvalue weighted by atomic mass is 10.0. The van der Waals surface area contributed by atoms with Crippen LogP contribution in [0.5, 0.6) is 5.75 Å². The van der Waals surface area contributed by atoms with Gasteiger partial charge >= 0.3 is 0 Å². The SMILES string of the molecule is COc1ccccc1Cc1cnc([C@@H]2CCCCN2C(=O)c2ccnc(-c3scnc3C)c2)o1. The molecule has 0 N–H and O–H groups in total. The Kier molecular flexibility index (Phi) is 6.40. The Morgan fingerprint density at radius 3 is 2.91 bits per heavy atom. The van der Waals surface area contributed by atoms with Gasteiger partial charge in [-0.25, -0.2) is 9.97 Å². The topological polar surface area (TPSA) is 81.4 Å². The molecule has 8 heteroatoms. The van der Waals surface area contributed by atoms with E-state index < -0.39 is 0 Å². The Morgan fingerprint density at radius 2 is 2.09 bits per heavy atom. The van der Waals surface area contributed by atoms with E-state index in [0.717, 1.165) is 52.6 Å². The zero-order valence-electron chi connectivity index (χ0n) is 19.2. The lowest BCUT2D eigenvalue weighted by Crippen LogP contribution is -2.38. The molecule has 1 atom stereocenters. The second kappa shape index (κ2) is 9.77. The largest absolute Gasteiger partial charge is 0.496 e. The first-order chi connectivity index (χ1) is 16.6. The zero-order chi connectivity index (χ0) is 23.5. The van der Waals surface area contributed by atoms with E-state index in [1.807, 2.05) is 42.2 Å². The number of piperidine rings is 1. The van der Waals surface area contributed by atoms with Crippen molar-refractivity contribution in [2.75, 3.05) is 13.7 Å². The first kappa shape index (κ1) is 22.3. The van der Waals surface area contributed by atoms with E-state index in [0.29, 0.717) is 24.4 Å². The molecule has 0 radical (unpaired) electrons. The summed E-state index contributed by atoms with van der Waals surface area (Å²) in [6, 6.07) is 11.3. The Hall–Kier alpha value is -3.52. The van der Waals surface area contributed by atoms with Crippen molar-refractivity contribution in [2.24, 2.45) is 0 Å². The number of pyridine rings is 1. The van der Waals surface area contributed by atoms with Crippen LogP contribution in [0.1, 0.15) is 58.6 Å². The van der Waals surface area contributed by atoms with E-state index in [4.69, 9.17) is 9.15 Å². The Labute approximate surface area is 202 Å². The molecule has 1 amide bonds. The molecule has 3 aromatic heterocycles. The molecular weight excluding hydrogens is 448 g/mol. The number of para-hydroxylation sites is 1. The van der Waals surface area contributed by atoms with Crippen molar-refractivity contribution in [3.8, 4) is 16.3 Å². The van der Waals surface area contributed by atoms with Gasteiger partial charge in [-0.1, -0.05) is 18.2 Å². The average Bonchev–Trinajstić information content (AvgIpc) is 3.53. The highest BCUT2D eigenvalue weighted by Gasteiger charge is 2.32. The number of methoxy groups -OCH3 is 1. The molecule has 1 aliphatic rings. The van der Waals surface area contributed by atoms with E-state index in [1.165, 1.54) is 11.3 Å². The van der Waals surface area contributed by atoms with Gasteiger partial charge < -0.3 is 14.1 Å². The maximum atomic E-state index is 13.6. The summed E-state index contributed by atoms with van der Waals surface area (Å²) in [6.45, 7) is 2.62. The molecule has 1 saturated heterocycles. The smallest absolute Gasteiger partial charge is 0.254 e. The number of thiazole rings is 1. The van der Waals surface area contributed by atoms with E-state index in [2.05, 4.69) is 15.0 Å². The summed E-state index contributed by atoms with van der Waals surface area (Å²) in [7, 11) is 1.66. The van der Waals surface area contributed by atoms with Crippen molar-refractivity contribution < 1.29 is 13.9 Å². The fraction of sp³-hybridized carbons (Fsp3) is 0.308. The summed E-state index contributed by atoms with van der Waals surface area (Å²) in [5, 5.41) is 0. The molecule has 1 fully saturated rings. The van der Waals surface area contributed by atoms with E-state index in [-0.39, 0.29) is 11.9 Å². The summed E-state index contributed by atoms with van der Waals surface area (Å²) in [5.74, 6) is 2.13. The van der Waals surface area contributed by atoms with Gasteiger partial charge in [0.25, 0.3) is 5.91 Å². The lowest BCUT2D eigenvalue weighted by Gasteiger charge is -2.33. The highest BCUT2D eigenvalue weighted by molar-refractivity contribution is 7.13. The number of rotatable bonds is 6. The lowest BCUT2D eigenvalue weighted by molar-refractivity contribution is 0.0570. The van der Waals surface area contributed by atoms with Gasteiger partial charge in [0.1, 0.15) is 17.6 Å². The molecule has 0 unspecified atom stereocenters. The van der Waals surface area contributed by atoms with Crippen molar-refractivity contribution in [3.63, 3.8) is 0 Å². The van der Waals surface area contributed by atoms with Crippen molar-refractivity contribution >= 4 is 17.2 Å². The van der Waals surface area contributed by atoms with Crippen LogP contribution >= 0.6 is 11.3 Å². The third-order valence-electron chi connectivity index (χ3n) is 6.16. The fourth-order valence-electron chi connectivity index (χ4n) is 4.43. The third kappa shape index (κ3) is 4.46. The third-order valence-corrected chi connectivity index (χ3v) is 7.11. The number of ether oxygens (including phenoxy) is 1. The molecule has 0 saturated carbocycles. The Balaban J connectivity index is 1.38. The molecule has 5 rings (SSSR count). The molecule has 34 heavy (non-hydrogen) atoms. The van der Waals surface area contributed by atoms with E-state index in [9.17, 15) is 4.79 Å². The van der Waals surface area contributed by atoms with Crippen LogP contribution in [-0.2, 0) is 6.42 Å². The van der Waals surface area contributed by atoms with Crippen molar-refractivity contribution in [3.05, 3.63) is 82.8 Å². The van der Waals surface area contributed by atoms with Crippen molar-refractivity contribution in [1.29, 1.82) is 0 Å². The Morgan fingerprint density at radius 1 is 1.21 bits per heavy atom. The number of hydrogen-bond acceptors (Lipinski definition) is 7. The first-order valence-corrected chi connectivity index (χ1v) is 12.3. The average molecular weight is 475 g/mol. The number of nitrogens with zero attached hydrogens (tertiary/aromatic N) is 4. The number of amides is 1. The first-order valence-electron chi connectivity index (χ1n) is 11.4. The van der Waals surface area contributed by atoms with Gasteiger partial charge in [0.15, 0.2) is 0 Å². The summed E-state index contributed by atoms with van der Waals surface area (Å²) in [6.07, 6.45) is 6.85. The van der Waals surface area contributed by atoms with Crippen molar-refractivity contribution in [2.45, 2.75) is 38.6 Å². The number of hydrogen-bond donors (Lipinski definition) is 0. The molecule has 0 aliphatic carbocycles. The van der Waals surface area contributed by atoms with E-state index in [1.54, 1.807) is 31.1 Å². The number of likely N-dealkylation sites (tertiary alicyclic amines) is 1. The number of carbonyl (C=O) groups excluding carboxylic acids is 1. The van der Waals surface area contributed by atoms with Gasteiger partial charge in [-0.05, 0) is 44.4 Å².